The van der Waals surface area contributed by atoms with Crippen LogP contribution in [-0.2, 0) is 10.0 Å². The van der Waals surface area contributed by atoms with Crippen LogP contribution in [0.3, 0.4) is 0 Å². The van der Waals surface area contributed by atoms with Crippen molar-refractivity contribution < 1.29 is 22.7 Å². The molecule has 4 rings (SSSR count). The Kier molecular flexibility index (Phi) is 5.83. The van der Waals surface area contributed by atoms with Crippen LogP contribution in [0.2, 0.25) is 0 Å². The van der Waals surface area contributed by atoms with Crippen molar-refractivity contribution in [2.45, 2.75) is 17.9 Å². The Morgan fingerprint density at radius 3 is 2.33 bits per heavy atom. The number of amides is 2. The SMILES string of the molecule is CC(NC(=O)N1CCN(S(=O)(=O)c2ccccc2)CC1)c1ccc2c(c1)OCCO2. The first-order chi connectivity index (χ1) is 14.4. The number of carbonyl (C=O) groups excluding carboxylic acids is 1. The van der Waals surface area contributed by atoms with E-state index < -0.39 is 10.0 Å². The van der Waals surface area contributed by atoms with Crippen molar-refractivity contribution in [2.24, 2.45) is 0 Å². The molecular formula is C21H25N3O5S. The molecule has 9 heteroatoms. The molecule has 2 aliphatic heterocycles. The molecule has 0 saturated carbocycles. The van der Waals surface area contributed by atoms with Crippen molar-refractivity contribution in [1.82, 2.24) is 14.5 Å². The Morgan fingerprint density at radius 2 is 1.63 bits per heavy atom. The van der Waals surface area contributed by atoms with Gasteiger partial charge in [0.1, 0.15) is 13.2 Å². The average Bonchev–Trinajstić information content (AvgIpc) is 2.79. The number of hydrogen-bond donors (Lipinski definition) is 1. The van der Waals surface area contributed by atoms with Crippen molar-refractivity contribution in [3.63, 3.8) is 0 Å². The summed E-state index contributed by atoms with van der Waals surface area (Å²) in [6.45, 7) is 4.15. The maximum Gasteiger partial charge on any atom is 0.317 e. The molecule has 2 aliphatic rings. The molecule has 30 heavy (non-hydrogen) atoms. The van der Waals surface area contributed by atoms with Gasteiger partial charge in [-0.15, -0.1) is 0 Å². The van der Waals surface area contributed by atoms with Crippen molar-refractivity contribution in [2.75, 3.05) is 39.4 Å². The minimum atomic E-state index is -3.54. The molecule has 0 bridgehead atoms. The number of fused-ring (bicyclic) bond motifs is 1. The number of benzene rings is 2. The smallest absolute Gasteiger partial charge is 0.317 e. The number of urea groups is 1. The molecular weight excluding hydrogens is 406 g/mol. The van der Waals surface area contributed by atoms with E-state index >= 15 is 0 Å². The molecule has 8 nitrogen and oxygen atoms in total. The Balaban J connectivity index is 1.34. The summed E-state index contributed by atoms with van der Waals surface area (Å²) in [6, 6.07) is 13.6. The fraction of sp³-hybridized carbons (Fsp3) is 0.381. The summed E-state index contributed by atoms with van der Waals surface area (Å²) in [5.74, 6) is 1.39. The second-order valence-corrected chi connectivity index (χ2v) is 9.22. The van der Waals surface area contributed by atoms with Gasteiger partial charge in [-0.25, -0.2) is 13.2 Å². The van der Waals surface area contributed by atoms with Gasteiger partial charge in [0.2, 0.25) is 10.0 Å². The number of nitrogens with zero attached hydrogens (tertiary/aromatic N) is 2. The fourth-order valence-corrected chi connectivity index (χ4v) is 5.01. The maximum absolute atomic E-state index is 12.7. The van der Waals surface area contributed by atoms with E-state index in [1.807, 2.05) is 25.1 Å². The highest BCUT2D eigenvalue weighted by Crippen LogP contribution is 2.32. The van der Waals surface area contributed by atoms with Gasteiger partial charge in [-0.05, 0) is 36.8 Å². The van der Waals surface area contributed by atoms with Gasteiger partial charge in [-0.3, -0.25) is 0 Å². The number of carbonyl (C=O) groups is 1. The monoisotopic (exact) mass is 431 g/mol. The topological polar surface area (TPSA) is 88.2 Å². The van der Waals surface area contributed by atoms with E-state index in [1.54, 1.807) is 35.2 Å². The number of sulfonamides is 1. The van der Waals surface area contributed by atoms with Crippen LogP contribution in [0.5, 0.6) is 11.5 Å². The van der Waals surface area contributed by atoms with Crippen LogP contribution < -0.4 is 14.8 Å². The third-order valence-electron chi connectivity index (χ3n) is 5.31. The lowest BCUT2D eigenvalue weighted by Crippen LogP contribution is -2.53. The number of nitrogens with one attached hydrogen (secondary N) is 1. The van der Waals surface area contributed by atoms with Crippen LogP contribution >= 0.6 is 0 Å². The Morgan fingerprint density at radius 1 is 0.967 bits per heavy atom. The van der Waals surface area contributed by atoms with Crippen LogP contribution in [0, 0.1) is 0 Å². The highest BCUT2D eigenvalue weighted by molar-refractivity contribution is 7.89. The summed E-state index contributed by atoms with van der Waals surface area (Å²) in [5, 5.41) is 2.98. The molecule has 0 radical (unpaired) electrons. The van der Waals surface area contributed by atoms with E-state index in [-0.39, 0.29) is 30.1 Å². The Labute approximate surface area is 176 Å². The fourth-order valence-electron chi connectivity index (χ4n) is 3.56. The van der Waals surface area contributed by atoms with E-state index in [4.69, 9.17) is 9.47 Å². The van der Waals surface area contributed by atoms with Crippen LogP contribution in [0.1, 0.15) is 18.5 Å². The van der Waals surface area contributed by atoms with Crippen molar-refractivity contribution in [1.29, 1.82) is 0 Å². The lowest BCUT2D eigenvalue weighted by atomic mass is 10.1. The summed E-state index contributed by atoms with van der Waals surface area (Å²) < 4.78 is 38.0. The Hall–Kier alpha value is -2.78. The van der Waals surface area contributed by atoms with Gasteiger partial charge >= 0.3 is 6.03 Å². The zero-order valence-electron chi connectivity index (χ0n) is 16.8. The number of ether oxygens (including phenoxy) is 2. The molecule has 160 valence electrons. The van der Waals surface area contributed by atoms with Crippen LogP contribution in [-0.4, -0.2) is 63.0 Å². The predicted octanol–water partition coefficient (Wildman–Crippen LogP) is 2.23. The van der Waals surface area contributed by atoms with E-state index in [2.05, 4.69) is 5.32 Å². The third-order valence-corrected chi connectivity index (χ3v) is 7.23. The van der Waals surface area contributed by atoms with Gasteiger partial charge < -0.3 is 19.7 Å². The minimum absolute atomic E-state index is 0.214. The summed E-state index contributed by atoms with van der Waals surface area (Å²) >= 11 is 0. The molecule has 1 atom stereocenters. The standard InChI is InChI=1S/C21H25N3O5S/c1-16(17-7-8-19-20(15-17)29-14-13-28-19)22-21(25)23-9-11-24(12-10-23)30(26,27)18-5-3-2-4-6-18/h2-8,15-16H,9-14H2,1H3,(H,22,25). The third kappa shape index (κ3) is 4.22. The van der Waals surface area contributed by atoms with Gasteiger partial charge in [-0.2, -0.15) is 4.31 Å². The van der Waals surface area contributed by atoms with Gasteiger partial charge in [0, 0.05) is 26.2 Å². The molecule has 1 fully saturated rings. The molecule has 1 N–H and O–H groups in total. The molecule has 2 aromatic rings. The first-order valence-corrected chi connectivity index (χ1v) is 11.4. The summed E-state index contributed by atoms with van der Waals surface area (Å²) in [4.78, 5) is 14.6. The van der Waals surface area contributed by atoms with Crippen LogP contribution in [0.25, 0.3) is 0 Å². The normalized spacial score (nSPS) is 18.0. The summed E-state index contributed by atoms with van der Waals surface area (Å²) in [5.41, 5.74) is 0.915. The van der Waals surface area contributed by atoms with Gasteiger partial charge in [0.25, 0.3) is 0 Å². The zero-order chi connectivity index (χ0) is 21.1. The quantitative estimate of drug-likeness (QED) is 0.802. The largest absolute Gasteiger partial charge is 0.486 e. The van der Waals surface area contributed by atoms with Gasteiger partial charge in [0.15, 0.2) is 11.5 Å². The highest BCUT2D eigenvalue weighted by Gasteiger charge is 2.30. The second kappa shape index (κ2) is 8.53. The molecule has 0 spiro atoms. The van der Waals surface area contributed by atoms with Crippen LogP contribution in [0.4, 0.5) is 4.79 Å². The lowest BCUT2D eigenvalue weighted by Gasteiger charge is -2.34. The molecule has 2 aromatic carbocycles. The van der Waals surface area contributed by atoms with Crippen molar-refractivity contribution in [3.05, 3.63) is 54.1 Å². The molecule has 1 unspecified atom stereocenters. The van der Waals surface area contributed by atoms with E-state index in [0.29, 0.717) is 37.8 Å². The number of hydrogen-bond acceptors (Lipinski definition) is 5. The average molecular weight is 432 g/mol. The Bertz CT molecular complexity index is 1000. The zero-order valence-corrected chi connectivity index (χ0v) is 17.6. The first kappa shape index (κ1) is 20.5. The van der Waals surface area contributed by atoms with Crippen molar-refractivity contribution >= 4 is 16.1 Å². The van der Waals surface area contributed by atoms with Crippen LogP contribution in [0.15, 0.2) is 53.4 Å². The van der Waals surface area contributed by atoms with Gasteiger partial charge in [0.05, 0.1) is 10.9 Å². The van der Waals surface area contributed by atoms with E-state index in [1.165, 1.54) is 4.31 Å². The molecule has 0 aromatic heterocycles. The molecule has 2 amide bonds. The minimum Gasteiger partial charge on any atom is -0.486 e. The summed E-state index contributed by atoms with van der Waals surface area (Å²) in [6.07, 6.45) is 0. The lowest BCUT2D eigenvalue weighted by molar-refractivity contribution is 0.168. The van der Waals surface area contributed by atoms with E-state index in [0.717, 1.165) is 5.56 Å². The second-order valence-electron chi connectivity index (χ2n) is 7.28. The van der Waals surface area contributed by atoms with E-state index in [9.17, 15) is 13.2 Å². The molecule has 2 heterocycles. The van der Waals surface area contributed by atoms with Crippen molar-refractivity contribution in [3.8, 4) is 11.5 Å². The number of rotatable bonds is 4. The maximum atomic E-state index is 12.7. The summed E-state index contributed by atoms with van der Waals surface area (Å²) in [7, 11) is -3.54. The number of piperazine rings is 1. The highest BCUT2D eigenvalue weighted by atomic mass is 32.2. The molecule has 0 aliphatic carbocycles. The predicted molar refractivity (Wildman–Crippen MR) is 111 cm³/mol. The first-order valence-electron chi connectivity index (χ1n) is 9.95. The molecule has 1 saturated heterocycles. The van der Waals surface area contributed by atoms with Gasteiger partial charge in [-0.1, -0.05) is 24.3 Å².